The number of carbonyl (C=O) groups excluding carboxylic acids is 3. The Bertz CT molecular complexity index is 674. The molecule has 1 aromatic carbocycles. The van der Waals surface area contributed by atoms with Gasteiger partial charge in [-0.15, -0.1) is 0 Å². The van der Waals surface area contributed by atoms with Gasteiger partial charge in [0.1, 0.15) is 6.04 Å². The second-order valence-electron chi connectivity index (χ2n) is 7.14. The first kappa shape index (κ1) is 18.7. The van der Waals surface area contributed by atoms with E-state index in [1.807, 2.05) is 20.8 Å². The molecule has 6 heteroatoms. The summed E-state index contributed by atoms with van der Waals surface area (Å²) in [4.78, 5) is 37.6. The van der Waals surface area contributed by atoms with Gasteiger partial charge in [0.15, 0.2) is 0 Å². The number of anilines is 1. The molecule has 1 atom stereocenters. The average Bonchev–Trinajstić information content (AvgIpc) is 2.90. The van der Waals surface area contributed by atoms with E-state index in [4.69, 9.17) is 0 Å². The van der Waals surface area contributed by atoms with Gasteiger partial charge in [-0.05, 0) is 51.0 Å². The fourth-order valence-corrected chi connectivity index (χ4v) is 2.81. The highest BCUT2D eigenvalue weighted by Crippen LogP contribution is 2.22. The lowest BCUT2D eigenvalue weighted by Gasteiger charge is -2.32. The molecule has 1 saturated heterocycles. The Balaban J connectivity index is 1.89. The Hall–Kier alpha value is -2.63. The summed E-state index contributed by atoms with van der Waals surface area (Å²) in [6.07, 6.45) is 2.02. The van der Waals surface area contributed by atoms with E-state index in [1.54, 1.807) is 29.2 Å². The van der Waals surface area contributed by atoms with Gasteiger partial charge in [-0.1, -0.05) is 18.7 Å². The van der Waals surface area contributed by atoms with Gasteiger partial charge >= 0.3 is 0 Å². The predicted molar refractivity (Wildman–Crippen MR) is 97.0 cm³/mol. The van der Waals surface area contributed by atoms with E-state index in [-0.39, 0.29) is 29.7 Å². The van der Waals surface area contributed by atoms with Gasteiger partial charge in [0, 0.05) is 17.8 Å². The van der Waals surface area contributed by atoms with Crippen LogP contribution in [0.4, 0.5) is 5.69 Å². The number of carbonyl (C=O) groups is 3. The third-order valence-electron chi connectivity index (χ3n) is 4.12. The molecular formula is C19H25N3O3. The number of nitrogens with one attached hydrogen (secondary N) is 2. The highest BCUT2D eigenvalue weighted by Gasteiger charge is 2.38. The topological polar surface area (TPSA) is 78.5 Å². The summed E-state index contributed by atoms with van der Waals surface area (Å²) >= 11 is 0. The Morgan fingerprint density at radius 1 is 1.28 bits per heavy atom. The molecular weight excluding hydrogens is 318 g/mol. The highest BCUT2D eigenvalue weighted by atomic mass is 16.2. The number of likely N-dealkylation sites (tertiary alicyclic amines) is 1. The number of rotatable bonds is 5. The maximum atomic E-state index is 12.4. The van der Waals surface area contributed by atoms with Gasteiger partial charge in [0.2, 0.25) is 17.7 Å². The van der Waals surface area contributed by atoms with E-state index in [0.29, 0.717) is 18.7 Å². The van der Waals surface area contributed by atoms with Crippen molar-refractivity contribution in [2.45, 2.75) is 45.2 Å². The molecule has 134 valence electrons. The molecule has 3 amide bonds. The molecule has 2 rings (SSSR count). The number of hydrogen-bond acceptors (Lipinski definition) is 3. The number of benzene rings is 1. The third-order valence-corrected chi connectivity index (χ3v) is 4.12. The lowest BCUT2D eigenvalue weighted by Crippen LogP contribution is -2.48. The smallest absolute Gasteiger partial charge is 0.247 e. The SMILES string of the molecule is C=CC(=O)Nc1ccc(CC(=O)NC2CCN(C(C)(C)C)C2=O)cc1. The molecule has 0 bridgehead atoms. The fourth-order valence-electron chi connectivity index (χ4n) is 2.81. The zero-order chi connectivity index (χ0) is 18.6. The summed E-state index contributed by atoms with van der Waals surface area (Å²) in [6, 6.07) is 6.56. The van der Waals surface area contributed by atoms with Crippen molar-refractivity contribution in [1.82, 2.24) is 10.2 Å². The van der Waals surface area contributed by atoms with Crippen LogP contribution < -0.4 is 10.6 Å². The van der Waals surface area contributed by atoms with Crippen LogP contribution in [-0.4, -0.2) is 40.7 Å². The minimum atomic E-state index is -0.446. The minimum Gasteiger partial charge on any atom is -0.344 e. The first-order chi connectivity index (χ1) is 11.7. The van der Waals surface area contributed by atoms with E-state index in [0.717, 1.165) is 5.56 Å². The molecule has 1 fully saturated rings. The van der Waals surface area contributed by atoms with E-state index in [1.165, 1.54) is 6.08 Å². The van der Waals surface area contributed by atoms with Crippen LogP contribution in [0.5, 0.6) is 0 Å². The highest BCUT2D eigenvalue weighted by molar-refractivity contribution is 5.98. The first-order valence-corrected chi connectivity index (χ1v) is 8.34. The van der Waals surface area contributed by atoms with Crippen LogP contribution in [0, 0.1) is 0 Å². The molecule has 1 aliphatic heterocycles. The Kier molecular flexibility index (Phi) is 5.62. The van der Waals surface area contributed by atoms with Gasteiger partial charge < -0.3 is 15.5 Å². The molecule has 6 nitrogen and oxygen atoms in total. The molecule has 0 aliphatic carbocycles. The van der Waals surface area contributed by atoms with Crippen molar-refractivity contribution in [2.75, 3.05) is 11.9 Å². The van der Waals surface area contributed by atoms with Crippen molar-refractivity contribution in [1.29, 1.82) is 0 Å². The Labute approximate surface area is 148 Å². The maximum absolute atomic E-state index is 12.4. The summed E-state index contributed by atoms with van der Waals surface area (Å²) in [6.45, 7) is 10.0. The van der Waals surface area contributed by atoms with Crippen molar-refractivity contribution in [2.24, 2.45) is 0 Å². The Morgan fingerprint density at radius 2 is 1.92 bits per heavy atom. The predicted octanol–water partition coefficient (Wildman–Crippen LogP) is 1.87. The van der Waals surface area contributed by atoms with Crippen molar-refractivity contribution >= 4 is 23.4 Å². The minimum absolute atomic E-state index is 0.0247. The van der Waals surface area contributed by atoms with Crippen molar-refractivity contribution in [3.8, 4) is 0 Å². The van der Waals surface area contributed by atoms with Crippen molar-refractivity contribution < 1.29 is 14.4 Å². The molecule has 1 aliphatic rings. The zero-order valence-electron chi connectivity index (χ0n) is 15.0. The number of nitrogens with zero attached hydrogens (tertiary/aromatic N) is 1. The number of amides is 3. The second-order valence-corrected chi connectivity index (χ2v) is 7.14. The van der Waals surface area contributed by atoms with E-state index in [2.05, 4.69) is 17.2 Å². The zero-order valence-corrected chi connectivity index (χ0v) is 15.0. The summed E-state index contributed by atoms with van der Waals surface area (Å²) in [5, 5.41) is 5.47. The molecule has 1 unspecified atom stereocenters. The normalized spacial score (nSPS) is 17.3. The van der Waals surface area contributed by atoms with Gasteiger partial charge in [0.05, 0.1) is 6.42 Å². The maximum Gasteiger partial charge on any atom is 0.247 e. The van der Waals surface area contributed by atoms with Crippen LogP contribution in [0.2, 0.25) is 0 Å². The summed E-state index contributed by atoms with van der Waals surface area (Å²) in [5.74, 6) is -0.492. The average molecular weight is 343 g/mol. The van der Waals surface area contributed by atoms with Gasteiger partial charge in [0.25, 0.3) is 0 Å². The molecule has 1 heterocycles. The van der Waals surface area contributed by atoms with Crippen LogP contribution in [0.15, 0.2) is 36.9 Å². The molecule has 25 heavy (non-hydrogen) atoms. The van der Waals surface area contributed by atoms with Crippen LogP contribution >= 0.6 is 0 Å². The molecule has 0 aromatic heterocycles. The monoisotopic (exact) mass is 343 g/mol. The standard InChI is InChI=1S/C19H25N3O3/c1-5-16(23)20-14-8-6-13(7-9-14)12-17(24)21-15-10-11-22(18(15)25)19(2,3)4/h5-9,15H,1,10-12H2,2-4H3,(H,20,23)(H,21,24). The van der Waals surface area contributed by atoms with Crippen LogP contribution in [-0.2, 0) is 20.8 Å². The fraction of sp³-hybridized carbons (Fsp3) is 0.421. The third kappa shape index (κ3) is 4.92. The van der Waals surface area contributed by atoms with E-state index in [9.17, 15) is 14.4 Å². The first-order valence-electron chi connectivity index (χ1n) is 8.34. The largest absolute Gasteiger partial charge is 0.344 e. The quantitative estimate of drug-likeness (QED) is 0.801. The summed E-state index contributed by atoms with van der Waals surface area (Å²) in [5.41, 5.74) is 1.22. The molecule has 0 saturated carbocycles. The van der Waals surface area contributed by atoms with Gasteiger partial charge in [-0.2, -0.15) is 0 Å². The van der Waals surface area contributed by atoms with Gasteiger partial charge in [-0.25, -0.2) is 0 Å². The molecule has 1 aromatic rings. The lowest BCUT2D eigenvalue weighted by molar-refractivity contribution is -0.135. The second kappa shape index (κ2) is 7.51. The van der Waals surface area contributed by atoms with E-state index >= 15 is 0 Å². The molecule has 0 spiro atoms. The van der Waals surface area contributed by atoms with Crippen LogP contribution in [0.1, 0.15) is 32.8 Å². The summed E-state index contributed by atoms with van der Waals surface area (Å²) < 4.78 is 0. The van der Waals surface area contributed by atoms with Gasteiger partial charge in [-0.3, -0.25) is 14.4 Å². The van der Waals surface area contributed by atoms with Crippen LogP contribution in [0.3, 0.4) is 0 Å². The summed E-state index contributed by atoms with van der Waals surface area (Å²) in [7, 11) is 0. The number of hydrogen-bond donors (Lipinski definition) is 2. The van der Waals surface area contributed by atoms with Crippen molar-refractivity contribution in [3.05, 3.63) is 42.5 Å². The molecule has 2 N–H and O–H groups in total. The van der Waals surface area contributed by atoms with Crippen LogP contribution in [0.25, 0.3) is 0 Å². The Morgan fingerprint density at radius 3 is 2.44 bits per heavy atom. The van der Waals surface area contributed by atoms with E-state index < -0.39 is 6.04 Å². The molecule has 0 radical (unpaired) electrons. The van der Waals surface area contributed by atoms with Crippen molar-refractivity contribution in [3.63, 3.8) is 0 Å². The lowest BCUT2D eigenvalue weighted by atomic mass is 10.1.